The van der Waals surface area contributed by atoms with E-state index in [1.54, 1.807) is 0 Å². The standard InChI is InChI=1S/C15H18ClN3/c1-11(12-5-4-6-13(16)9-12)19(3)14-7-8-18-15(10-14)17-2/h4-11H,1-3H3,(H,17,18). The highest BCUT2D eigenvalue weighted by molar-refractivity contribution is 6.30. The Morgan fingerprint density at radius 1 is 1.26 bits per heavy atom. The molecule has 100 valence electrons. The number of nitrogens with one attached hydrogen (secondary N) is 1. The molecular weight excluding hydrogens is 258 g/mol. The first-order chi connectivity index (χ1) is 9.11. The lowest BCUT2D eigenvalue weighted by Gasteiger charge is -2.27. The van der Waals surface area contributed by atoms with E-state index in [0.29, 0.717) is 0 Å². The molecule has 0 aliphatic carbocycles. The molecular formula is C15H18ClN3. The minimum atomic E-state index is 0.241. The second kappa shape index (κ2) is 5.93. The summed E-state index contributed by atoms with van der Waals surface area (Å²) >= 11 is 6.05. The van der Waals surface area contributed by atoms with Gasteiger partial charge in [0.1, 0.15) is 5.82 Å². The van der Waals surface area contributed by atoms with Crippen LogP contribution in [0.25, 0.3) is 0 Å². The van der Waals surface area contributed by atoms with Crippen LogP contribution in [0, 0.1) is 0 Å². The van der Waals surface area contributed by atoms with E-state index in [1.807, 2.05) is 43.6 Å². The summed E-state index contributed by atoms with van der Waals surface area (Å²) in [5, 5.41) is 3.82. The third kappa shape index (κ3) is 3.18. The van der Waals surface area contributed by atoms with Crippen molar-refractivity contribution in [3.63, 3.8) is 0 Å². The van der Waals surface area contributed by atoms with Crippen LogP contribution in [0.2, 0.25) is 5.02 Å². The number of hydrogen-bond donors (Lipinski definition) is 1. The van der Waals surface area contributed by atoms with Crippen molar-refractivity contribution in [3.8, 4) is 0 Å². The monoisotopic (exact) mass is 275 g/mol. The Labute approximate surface area is 119 Å². The average Bonchev–Trinajstić information content (AvgIpc) is 2.45. The predicted octanol–water partition coefficient (Wildman–Crippen LogP) is 3.97. The molecule has 1 heterocycles. The van der Waals surface area contributed by atoms with Gasteiger partial charge in [0.2, 0.25) is 0 Å². The van der Waals surface area contributed by atoms with Crippen LogP contribution in [0.3, 0.4) is 0 Å². The Morgan fingerprint density at radius 3 is 2.74 bits per heavy atom. The van der Waals surface area contributed by atoms with E-state index >= 15 is 0 Å². The van der Waals surface area contributed by atoms with Gasteiger partial charge in [-0.1, -0.05) is 23.7 Å². The van der Waals surface area contributed by atoms with Crippen molar-refractivity contribution in [2.75, 3.05) is 24.3 Å². The number of hydrogen-bond acceptors (Lipinski definition) is 3. The largest absolute Gasteiger partial charge is 0.373 e. The van der Waals surface area contributed by atoms with E-state index in [-0.39, 0.29) is 6.04 Å². The number of aromatic nitrogens is 1. The van der Waals surface area contributed by atoms with Gasteiger partial charge < -0.3 is 10.2 Å². The Morgan fingerprint density at radius 2 is 2.05 bits per heavy atom. The molecule has 0 spiro atoms. The van der Waals surface area contributed by atoms with Gasteiger partial charge in [-0.2, -0.15) is 0 Å². The molecule has 0 radical (unpaired) electrons. The van der Waals surface area contributed by atoms with Gasteiger partial charge in [-0.25, -0.2) is 4.98 Å². The molecule has 0 amide bonds. The maximum absolute atomic E-state index is 6.05. The van der Waals surface area contributed by atoms with Gasteiger partial charge in [0.05, 0.1) is 6.04 Å². The van der Waals surface area contributed by atoms with Gasteiger partial charge in [0.15, 0.2) is 0 Å². The van der Waals surface area contributed by atoms with Gasteiger partial charge in [-0.15, -0.1) is 0 Å². The van der Waals surface area contributed by atoms with Crippen LogP contribution < -0.4 is 10.2 Å². The molecule has 0 saturated carbocycles. The quantitative estimate of drug-likeness (QED) is 0.915. The van der Waals surface area contributed by atoms with Crippen molar-refractivity contribution < 1.29 is 0 Å². The SMILES string of the molecule is CNc1cc(N(C)C(C)c2cccc(Cl)c2)ccn1. The average molecular weight is 276 g/mol. The van der Waals surface area contributed by atoms with Crippen LogP contribution in [0.1, 0.15) is 18.5 Å². The van der Waals surface area contributed by atoms with Crippen molar-refractivity contribution in [2.45, 2.75) is 13.0 Å². The van der Waals surface area contributed by atoms with E-state index in [2.05, 4.69) is 35.2 Å². The fourth-order valence-electron chi connectivity index (χ4n) is 1.99. The lowest BCUT2D eigenvalue weighted by atomic mass is 10.1. The zero-order valence-electron chi connectivity index (χ0n) is 11.4. The summed E-state index contributed by atoms with van der Waals surface area (Å²) < 4.78 is 0. The van der Waals surface area contributed by atoms with Gasteiger partial charge in [-0.3, -0.25) is 0 Å². The number of halogens is 1. The molecule has 1 unspecified atom stereocenters. The lowest BCUT2D eigenvalue weighted by Crippen LogP contribution is -2.21. The van der Waals surface area contributed by atoms with Gasteiger partial charge in [-0.05, 0) is 30.7 Å². The number of anilines is 2. The van der Waals surface area contributed by atoms with Crippen LogP contribution in [-0.2, 0) is 0 Å². The lowest BCUT2D eigenvalue weighted by molar-refractivity contribution is 0.739. The minimum absolute atomic E-state index is 0.241. The summed E-state index contributed by atoms with van der Waals surface area (Å²) in [5.74, 6) is 0.864. The Kier molecular flexibility index (Phi) is 4.27. The first kappa shape index (κ1) is 13.7. The molecule has 19 heavy (non-hydrogen) atoms. The summed E-state index contributed by atoms with van der Waals surface area (Å²) in [5.41, 5.74) is 2.31. The van der Waals surface area contributed by atoms with Gasteiger partial charge >= 0.3 is 0 Å². The molecule has 2 rings (SSSR count). The minimum Gasteiger partial charge on any atom is -0.373 e. The van der Waals surface area contributed by atoms with Crippen LogP contribution in [0.5, 0.6) is 0 Å². The first-order valence-electron chi connectivity index (χ1n) is 6.24. The summed E-state index contributed by atoms with van der Waals surface area (Å²) in [6, 6.07) is 12.2. The van der Waals surface area contributed by atoms with Crippen LogP contribution in [-0.4, -0.2) is 19.1 Å². The summed E-state index contributed by atoms with van der Waals surface area (Å²) in [7, 11) is 3.94. The number of rotatable bonds is 4. The Bertz CT molecular complexity index is 557. The summed E-state index contributed by atoms with van der Waals surface area (Å²) in [4.78, 5) is 6.43. The summed E-state index contributed by atoms with van der Waals surface area (Å²) in [6.07, 6.45) is 1.81. The van der Waals surface area contributed by atoms with Crippen molar-refractivity contribution in [1.82, 2.24) is 4.98 Å². The van der Waals surface area contributed by atoms with Crippen molar-refractivity contribution in [1.29, 1.82) is 0 Å². The maximum atomic E-state index is 6.05. The van der Waals surface area contributed by atoms with Crippen molar-refractivity contribution in [2.24, 2.45) is 0 Å². The third-order valence-corrected chi connectivity index (χ3v) is 3.55. The Balaban J connectivity index is 2.25. The van der Waals surface area contributed by atoms with Gasteiger partial charge in [0, 0.05) is 37.1 Å². The fraction of sp³-hybridized carbons (Fsp3) is 0.267. The highest BCUT2D eigenvalue weighted by atomic mass is 35.5. The molecule has 0 aliphatic rings. The molecule has 4 heteroatoms. The molecule has 1 aromatic carbocycles. The van der Waals surface area contributed by atoms with E-state index < -0.39 is 0 Å². The van der Waals surface area contributed by atoms with E-state index in [9.17, 15) is 0 Å². The number of pyridine rings is 1. The second-order valence-corrected chi connectivity index (χ2v) is 4.93. The smallest absolute Gasteiger partial charge is 0.127 e. The zero-order valence-corrected chi connectivity index (χ0v) is 12.1. The Hall–Kier alpha value is -1.74. The molecule has 0 saturated heterocycles. The number of benzene rings is 1. The third-order valence-electron chi connectivity index (χ3n) is 3.32. The number of nitrogens with zero attached hydrogens (tertiary/aromatic N) is 2. The molecule has 0 fully saturated rings. The van der Waals surface area contributed by atoms with E-state index in [4.69, 9.17) is 11.6 Å². The van der Waals surface area contributed by atoms with Crippen LogP contribution in [0.15, 0.2) is 42.6 Å². The van der Waals surface area contributed by atoms with Gasteiger partial charge in [0.25, 0.3) is 0 Å². The second-order valence-electron chi connectivity index (χ2n) is 4.49. The molecule has 3 nitrogen and oxygen atoms in total. The molecule has 1 atom stereocenters. The first-order valence-corrected chi connectivity index (χ1v) is 6.61. The van der Waals surface area contributed by atoms with Crippen LogP contribution >= 0.6 is 11.6 Å². The fourth-order valence-corrected chi connectivity index (χ4v) is 2.19. The molecule has 0 bridgehead atoms. The van der Waals surface area contributed by atoms with Crippen molar-refractivity contribution >= 4 is 23.1 Å². The summed E-state index contributed by atoms with van der Waals surface area (Å²) in [6.45, 7) is 2.16. The normalized spacial score (nSPS) is 12.0. The maximum Gasteiger partial charge on any atom is 0.127 e. The molecule has 0 aliphatic heterocycles. The van der Waals surface area contributed by atoms with E-state index in [0.717, 1.165) is 16.5 Å². The molecule has 1 aromatic heterocycles. The highest BCUT2D eigenvalue weighted by Crippen LogP contribution is 2.27. The van der Waals surface area contributed by atoms with Crippen LogP contribution in [0.4, 0.5) is 11.5 Å². The molecule has 2 aromatic rings. The van der Waals surface area contributed by atoms with E-state index in [1.165, 1.54) is 5.56 Å². The topological polar surface area (TPSA) is 28.2 Å². The molecule has 1 N–H and O–H groups in total. The highest BCUT2D eigenvalue weighted by Gasteiger charge is 2.13. The van der Waals surface area contributed by atoms with Crippen molar-refractivity contribution in [3.05, 3.63) is 53.2 Å². The zero-order chi connectivity index (χ0) is 13.8. The predicted molar refractivity (Wildman–Crippen MR) is 82.1 cm³/mol.